The van der Waals surface area contributed by atoms with Gasteiger partial charge in [0.2, 0.25) is 5.91 Å². The minimum Gasteiger partial charge on any atom is -0.345 e. The number of aryl methyl sites for hydroxylation is 2. The van der Waals surface area contributed by atoms with Crippen LogP contribution in [0.3, 0.4) is 0 Å². The van der Waals surface area contributed by atoms with Crippen molar-refractivity contribution in [2.75, 3.05) is 5.32 Å². The largest absolute Gasteiger partial charge is 0.345 e. The number of anilines is 1. The Kier molecular flexibility index (Phi) is 6.45. The van der Waals surface area contributed by atoms with Crippen LogP contribution in [0.5, 0.6) is 0 Å². The molecule has 148 valence electrons. The summed E-state index contributed by atoms with van der Waals surface area (Å²) < 4.78 is 0. The van der Waals surface area contributed by atoms with E-state index in [4.69, 9.17) is 0 Å². The van der Waals surface area contributed by atoms with Gasteiger partial charge in [0.25, 0.3) is 5.91 Å². The maximum Gasteiger partial charge on any atom is 0.253 e. The van der Waals surface area contributed by atoms with Crippen LogP contribution in [0.2, 0.25) is 0 Å². The van der Waals surface area contributed by atoms with Crippen molar-refractivity contribution < 1.29 is 9.59 Å². The fraction of sp³-hybridized carbons (Fsp3) is 0.200. The maximum atomic E-state index is 12.8. The van der Waals surface area contributed by atoms with E-state index in [1.54, 1.807) is 18.2 Å². The van der Waals surface area contributed by atoms with Crippen molar-refractivity contribution in [3.8, 4) is 0 Å². The summed E-state index contributed by atoms with van der Waals surface area (Å²) in [5, 5.41) is 5.89. The predicted octanol–water partition coefficient (Wildman–Crippen LogP) is 4.98. The van der Waals surface area contributed by atoms with Crippen LogP contribution in [0, 0.1) is 13.8 Å². The van der Waals surface area contributed by atoms with Crippen LogP contribution in [0.25, 0.3) is 0 Å². The lowest BCUT2D eigenvalue weighted by Crippen LogP contribution is -2.28. The summed E-state index contributed by atoms with van der Waals surface area (Å²) in [6, 6.07) is 22.7. The number of rotatable bonds is 6. The molecular formula is C25H26N2O2. The second-order valence-electron chi connectivity index (χ2n) is 7.29. The Morgan fingerprint density at radius 1 is 0.862 bits per heavy atom. The van der Waals surface area contributed by atoms with E-state index in [-0.39, 0.29) is 24.3 Å². The lowest BCUT2D eigenvalue weighted by atomic mass is 10.0. The molecule has 0 aliphatic carbocycles. The molecule has 3 rings (SSSR count). The first kappa shape index (κ1) is 20.3. The van der Waals surface area contributed by atoms with E-state index >= 15 is 0 Å². The molecular weight excluding hydrogens is 360 g/mol. The zero-order valence-corrected chi connectivity index (χ0v) is 17.0. The van der Waals surface area contributed by atoms with Gasteiger partial charge in [0.15, 0.2) is 0 Å². The molecule has 3 aromatic rings. The third-order valence-electron chi connectivity index (χ3n) is 5.03. The number of hydrogen-bond donors (Lipinski definition) is 2. The average molecular weight is 386 g/mol. The Bertz CT molecular complexity index is 1010. The van der Waals surface area contributed by atoms with Gasteiger partial charge >= 0.3 is 0 Å². The molecule has 0 saturated heterocycles. The zero-order valence-electron chi connectivity index (χ0n) is 17.0. The molecule has 4 heteroatoms. The van der Waals surface area contributed by atoms with Crippen molar-refractivity contribution in [2.24, 2.45) is 0 Å². The Morgan fingerprint density at radius 3 is 2.28 bits per heavy atom. The van der Waals surface area contributed by atoms with E-state index in [0.717, 1.165) is 16.7 Å². The summed E-state index contributed by atoms with van der Waals surface area (Å²) in [6.07, 6.45) is 0.261. The van der Waals surface area contributed by atoms with Crippen molar-refractivity contribution >= 4 is 17.5 Å². The van der Waals surface area contributed by atoms with Gasteiger partial charge in [-0.1, -0.05) is 60.7 Å². The summed E-state index contributed by atoms with van der Waals surface area (Å²) in [5.74, 6) is -0.368. The first-order valence-corrected chi connectivity index (χ1v) is 9.75. The van der Waals surface area contributed by atoms with Crippen LogP contribution < -0.4 is 10.6 Å². The van der Waals surface area contributed by atoms with E-state index in [9.17, 15) is 9.59 Å². The Balaban J connectivity index is 1.70. The minimum atomic E-state index is -0.219. The predicted molar refractivity (Wildman–Crippen MR) is 117 cm³/mol. The van der Waals surface area contributed by atoms with Gasteiger partial charge in [-0.2, -0.15) is 0 Å². The van der Waals surface area contributed by atoms with Gasteiger partial charge in [-0.15, -0.1) is 0 Å². The first-order chi connectivity index (χ1) is 13.9. The smallest absolute Gasteiger partial charge is 0.253 e. The number of para-hydroxylation sites is 1. The minimum absolute atomic E-state index is 0.136. The number of amides is 2. The van der Waals surface area contributed by atoms with Crippen LogP contribution >= 0.6 is 0 Å². The molecule has 0 bridgehead atoms. The first-order valence-electron chi connectivity index (χ1n) is 9.75. The van der Waals surface area contributed by atoms with E-state index in [1.165, 1.54) is 5.56 Å². The fourth-order valence-corrected chi connectivity index (χ4v) is 3.18. The summed E-state index contributed by atoms with van der Waals surface area (Å²) in [6.45, 7) is 6.02. The van der Waals surface area contributed by atoms with Crippen molar-refractivity contribution in [1.29, 1.82) is 0 Å². The summed E-state index contributed by atoms with van der Waals surface area (Å²) in [7, 11) is 0. The SMILES string of the molecule is Cc1ccc(CC(=O)Nc2ccccc2C(=O)N[C@H](C)c2ccccc2)cc1C. The van der Waals surface area contributed by atoms with Crippen LogP contribution in [0.4, 0.5) is 5.69 Å². The molecule has 1 atom stereocenters. The average Bonchev–Trinajstić information content (AvgIpc) is 2.71. The van der Waals surface area contributed by atoms with Gasteiger partial charge in [0.05, 0.1) is 23.7 Å². The van der Waals surface area contributed by atoms with E-state index in [2.05, 4.69) is 10.6 Å². The lowest BCUT2D eigenvalue weighted by molar-refractivity contribution is -0.115. The molecule has 0 aliphatic heterocycles. The molecule has 0 aromatic heterocycles. The van der Waals surface area contributed by atoms with Crippen molar-refractivity contribution in [2.45, 2.75) is 33.2 Å². The molecule has 0 radical (unpaired) electrons. The van der Waals surface area contributed by atoms with E-state index < -0.39 is 0 Å². The number of benzene rings is 3. The monoisotopic (exact) mass is 386 g/mol. The molecule has 2 N–H and O–H groups in total. The summed E-state index contributed by atoms with van der Waals surface area (Å²) in [4.78, 5) is 25.4. The van der Waals surface area contributed by atoms with Gasteiger partial charge in [-0.25, -0.2) is 0 Å². The van der Waals surface area contributed by atoms with E-state index in [1.807, 2.05) is 75.4 Å². The molecule has 2 amide bonds. The van der Waals surface area contributed by atoms with Crippen LogP contribution in [-0.4, -0.2) is 11.8 Å². The van der Waals surface area contributed by atoms with Crippen molar-refractivity contribution in [1.82, 2.24) is 5.32 Å². The van der Waals surface area contributed by atoms with Gasteiger partial charge < -0.3 is 10.6 Å². The van der Waals surface area contributed by atoms with Crippen molar-refractivity contribution in [3.63, 3.8) is 0 Å². The highest BCUT2D eigenvalue weighted by molar-refractivity contribution is 6.04. The fourth-order valence-electron chi connectivity index (χ4n) is 3.18. The molecule has 3 aromatic carbocycles. The summed E-state index contributed by atoms with van der Waals surface area (Å²) >= 11 is 0. The van der Waals surface area contributed by atoms with E-state index in [0.29, 0.717) is 11.3 Å². The highest BCUT2D eigenvalue weighted by atomic mass is 16.2. The molecule has 0 fully saturated rings. The maximum absolute atomic E-state index is 12.8. The third kappa shape index (κ3) is 5.32. The quantitative estimate of drug-likeness (QED) is 0.628. The van der Waals surface area contributed by atoms with Gasteiger partial charge in [0.1, 0.15) is 0 Å². The number of carbonyl (C=O) groups is 2. The Morgan fingerprint density at radius 2 is 1.55 bits per heavy atom. The molecule has 0 saturated carbocycles. The molecule has 29 heavy (non-hydrogen) atoms. The second kappa shape index (κ2) is 9.20. The van der Waals surface area contributed by atoms with Gasteiger partial charge in [-0.3, -0.25) is 9.59 Å². The normalized spacial score (nSPS) is 11.6. The summed E-state index contributed by atoms with van der Waals surface area (Å²) in [5.41, 5.74) is 5.29. The molecule has 0 spiro atoms. The highest BCUT2D eigenvalue weighted by Gasteiger charge is 2.16. The molecule has 0 unspecified atom stereocenters. The second-order valence-corrected chi connectivity index (χ2v) is 7.29. The molecule has 4 nitrogen and oxygen atoms in total. The zero-order chi connectivity index (χ0) is 20.8. The Labute approximate surface area is 172 Å². The van der Waals surface area contributed by atoms with Crippen LogP contribution in [0.15, 0.2) is 72.8 Å². The molecule has 0 heterocycles. The lowest BCUT2D eigenvalue weighted by Gasteiger charge is -2.16. The van der Waals surface area contributed by atoms with Crippen LogP contribution in [-0.2, 0) is 11.2 Å². The van der Waals surface area contributed by atoms with Crippen molar-refractivity contribution in [3.05, 3.63) is 101 Å². The number of carbonyl (C=O) groups excluding carboxylic acids is 2. The topological polar surface area (TPSA) is 58.2 Å². The Hall–Kier alpha value is -3.40. The van der Waals surface area contributed by atoms with Crippen LogP contribution in [0.1, 0.15) is 45.6 Å². The van der Waals surface area contributed by atoms with Gasteiger partial charge in [0, 0.05) is 0 Å². The standard InChI is InChI=1S/C25H26N2O2/c1-17-13-14-20(15-18(17)2)16-24(28)27-23-12-8-7-11-22(23)25(29)26-19(3)21-9-5-4-6-10-21/h4-15,19H,16H2,1-3H3,(H,26,29)(H,27,28)/t19-/m1/s1. The highest BCUT2D eigenvalue weighted by Crippen LogP contribution is 2.19. The third-order valence-corrected chi connectivity index (χ3v) is 5.03. The van der Waals surface area contributed by atoms with Gasteiger partial charge in [-0.05, 0) is 55.2 Å². The number of nitrogens with one attached hydrogen (secondary N) is 2. The number of hydrogen-bond acceptors (Lipinski definition) is 2. The molecule has 0 aliphatic rings.